The van der Waals surface area contributed by atoms with Crippen molar-refractivity contribution in [1.29, 1.82) is 0 Å². The van der Waals surface area contributed by atoms with E-state index in [9.17, 15) is 4.79 Å². The third kappa shape index (κ3) is 20.7. The van der Waals surface area contributed by atoms with Crippen molar-refractivity contribution in [2.45, 2.75) is 91.1 Å². The first kappa shape index (κ1) is 24.7. The van der Waals surface area contributed by atoms with E-state index in [2.05, 4.69) is 43.4 Å². The number of hydrogen-bond donors (Lipinski definition) is 0. The molecule has 0 saturated heterocycles. The maximum absolute atomic E-state index is 11.5. The van der Waals surface area contributed by atoms with Crippen LogP contribution in [0.5, 0.6) is 0 Å². The predicted octanol–water partition coefficient (Wildman–Crippen LogP) is 6.54. The summed E-state index contributed by atoms with van der Waals surface area (Å²) in [7, 11) is 0. The molecule has 0 N–H and O–H groups in total. The Hall–Kier alpha value is -1.35. The van der Waals surface area contributed by atoms with Crippen LogP contribution in [-0.2, 0) is 14.3 Å². The molecule has 0 spiro atoms. The number of unbranched alkanes of at least 4 members (excludes halogenated alkanes) is 5. The van der Waals surface area contributed by atoms with E-state index in [1.54, 1.807) is 0 Å². The Morgan fingerprint density at radius 1 is 0.808 bits per heavy atom. The Morgan fingerprint density at radius 3 is 2.12 bits per heavy atom. The molecule has 26 heavy (non-hydrogen) atoms. The lowest BCUT2D eigenvalue weighted by Crippen LogP contribution is -2.13. The highest BCUT2D eigenvalue weighted by Crippen LogP contribution is 2.08. The fourth-order valence-corrected chi connectivity index (χ4v) is 2.40. The number of rotatable bonds is 17. The molecular weight excluding hydrogens is 324 g/mol. The maximum atomic E-state index is 11.5. The third-order valence-corrected chi connectivity index (χ3v) is 3.83. The quantitative estimate of drug-likeness (QED) is 0.167. The number of carbonyl (C=O) groups excluding carboxylic acids is 1. The normalized spacial score (nSPS) is 12.2. The largest absolute Gasteiger partial charge is 0.463 e. The van der Waals surface area contributed by atoms with Crippen LogP contribution in [0.2, 0.25) is 0 Å². The van der Waals surface area contributed by atoms with E-state index in [4.69, 9.17) is 9.47 Å². The zero-order chi connectivity index (χ0) is 19.3. The number of allylic oxidation sites excluding steroid dienone is 6. The summed E-state index contributed by atoms with van der Waals surface area (Å²) in [5.41, 5.74) is 0. The van der Waals surface area contributed by atoms with E-state index >= 15 is 0 Å². The summed E-state index contributed by atoms with van der Waals surface area (Å²) in [6, 6.07) is 0. The van der Waals surface area contributed by atoms with Crippen molar-refractivity contribution < 1.29 is 14.3 Å². The van der Waals surface area contributed by atoms with Crippen LogP contribution in [0.4, 0.5) is 0 Å². The van der Waals surface area contributed by atoms with Gasteiger partial charge in [-0.05, 0) is 52.4 Å². The van der Waals surface area contributed by atoms with Gasteiger partial charge in [-0.15, -0.1) is 0 Å². The summed E-state index contributed by atoms with van der Waals surface area (Å²) in [6.45, 7) is 6.96. The Morgan fingerprint density at radius 2 is 1.42 bits per heavy atom. The molecule has 0 saturated carbocycles. The van der Waals surface area contributed by atoms with Crippen molar-refractivity contribution in [3.63, 3.8) is 0 Å². The van der Waals surface area contributed by atoms with Crippen molar-refractivity contribution in [3.8, 4) is 0 Å². The van der Waals surface area contributed by atoms with Gasteiger partial charge in [-0.2, -0.15) is 0 Å². The molecule has 0 aromatic heterocycles. The molecule has 0 atom stereocenters. The van der Waals surface area contributed by atoms with Gasteiger partial charge in [0.05, 0.1) is 12.7 Å². The maximum Gasteiger partial charge on any atom is 0.305 e. The van der Waals surface area contributed by atoms with Gasteiger partial charge >= 0.3 is 5.97 Å². The minimum atomic E-state index is -0.0986. The Kier molecular flexibility index (Phi) is 18.9. The molecule has 0 aliphatic heterocycles. The summed E-state index contributed by atoms with van der Waals surface area (Å²) in [6.07, 6.45) is 24.1. The molecule has 0 aromatic carbocycles. The molecular formula is C23H40O3. The second-order valence-corrected chi connectivity index (χ2v) is 6.74. The summed E-state index contributed by atoms with van der Waals surface area (Å²) in [5, 5.41) is 0. The van der Waals surface area contributed by atoms with Crippen LogP contribution in [0, 0.1) is 0 Å². The highest BCUT2D eigenvalue weighted by atomic mass is 16.6. The SMILES string of the molecule is CCC=CCC=CCC=CCCCCCCCC(=O)OCCOC(C)C. The lowest BCUT2D eigenvalue weighted by Gasteiger charge is -2.08. The van der Waals surface area contributed by atoms with Gasteiger partial charge in [0, 0.05) is 6.42 Å². The number of carbonyl (C=O) groups is 1. The topological polar surface area (TPSA) is 35.5 Å². The van der Waals surface area contributed by atoms with Gasteiger partial charge in [0.15, 0.2) is 0 Å². The molecule has 3 nitrogen and oxygen atoms in total. The average Bonchev–Trinajstić information content (AvgIpc) is 2.62. The Balaban J connectivity index is 3.31. The van der Waals surface area contributed by atoms with Crippen LogP contribution in [0.3, 0.4) is 0 Å². The van der Waals surface area contributed by atoms with Crippen molar-refractivity contribution in [2.75, 3.05) is 13.2 Å². The minimum absolute atomic E-state index is 0.0986. The first-order valence-corrected chi connectivity index (χ1v) is 10.4. The zero-order valence-corrected chi connectivity index (χ0v) is 17.3. The fourth-order valence-electron chi connectivity index (χ4n) is 2.40. The highest BCUT2D eigenvalue weighted by Gasteiger charge is 2.02. The van der Waals surface area contributed by atoms with Gasteiger partial charge < -0.3 is 9.47 Å². The number of hydrogen-bond acceptors (Lipinski definition) is 3. The molecule has 0 aromatic rings. The van der Waals surface area contributed by atoms with Crippen LogP contribution in [0.25, 0.3) is 0 Å². The van der Waals surface area contributed by atoms with E-state index in [0.717, 1.165) is 38.5 Å². The van der Waals surface area contributed by atoms with Crippen molar-refractivity contribution >= 4 is 5.97 Å². The smallest absolute Gasteiger partial charge is 0.305 e. The Labute approximate surface area is 161 Å². The summed E-state index contributed by atoms with van der Waals surface area (Å²) >= 11 is 0. The molecule has 0 heterocycles. The van der Waals surface area contributed by atoms with Crippen LogP contribution >= 0.6 is 0 Å². The molecule has 0 radical (unpaired) electrons. The van der Waals surface area contributed by atoms with Gasteiger partial charge in [-0.3, -0.25) is 4.79 Å². The van der Waals surface area contributed by atoms with Gasteiger partial charge in [0.2, 0.25) is 0 Å². The molecule has 0 unspecified atom stereocenters. The standard InChI is InChI=1S/C23H40O3/c1-4-5-6-7-8-9-10-11-12-13-14-15-16-17-18-19-23(24)26-21-20-25-22(2)3/h5-6,8-9,11-12,22H,4,7,10,13-21H2,1-3H3. The minimum Gasteiger partial charge on any atom is -0.463 e. The fraction of sp³-hybridized carbons (Fsp3) is 0.696. The zero-order valence-electron chi connectivity index (χ0n) is 17.3. The van der Waals surface area contributed by atoms with Gasteiger partial charge in [-0.25, -0.2) is 0 Å². The first-order valence-electron chi connectivity index (χ1n) is 10.4. The van der Waals surface area contributed by atoms with Gasteiger partial charge in [-0.1, -0.05) is 62.6 Å². The van der Waals surface area contributed by atoms with E-state index in [1.807, 2.05) is 13.8 Å². The lowest BCUT2D eigenvalue weighted by atomic mass is 10.1. The molecule has 0 bridgehead atoms. The van der Waals surface area contributed by atoms with Crippen molar-refractivity contribution in [1.82, 2.24) is 0 Å². The van der Waals surface area contributed by atoms with Crippen LogP contribution in [0.15, 0.2) is 36.5 Å². The Bertz CT molecular complexity index is 394. The second kappa shape index (κ2) is 20.0. The van der Waals surface area contributed by atoms with E-state index in [-0.39, 0.29) is 12.1 Å². The predicted molar refractivity (Wildman–Crippen MR) is 111 cm³/mol. The monoisotopic (exact) mass is 364 g/mol. The molecule has 0 fully saturated rings. The molecule has 0 aliphatic carbocycles. The number of esters is 1. The summed E-state index contributed by atoms with van der Waals surface area (Å²) < 4.78 is 10.5. The molecule has 0 amide bonds. The van der Waals surface area contributed by atoms with Gasteiger partial charge in [0.1, 0.15) is 6.61 Å². The highest BCUT2D eigenvalue weighted by molar-refractivity contribution is 5.69. The third-order valence-electron chi connectivity index (χ3n) is 3.83. The molecule has 150 valence electrons. The van der Waals surface area contributed by atoms with Crippen LogP contribution in [-0.4, -0.2) is 25.3 Å². The van der Waals surface area contributed by atoms with Crippen molar-refractivity contribution in [3.05, 3.63) is 36.5 Å². The molecule has 3 heteroatoms. The summed E-state index contributed by atoms with van der Waals surface area (Å²) in [5.74, 6) is -0.0986. The van der Waals surface area contributed by atoms with Crippen LogP contribution < -0.4 is 0 Å². The molecule has 0 rings (SSSR count). The average molecular weight is 365 g/mol. The lowest BCUT2D eigenvalue weighted by molar-refractivity contribution is -0.145. The van der Waals surface area contributed by atoms with E-state index < -0.39 is 0 Å². The first-order chi connectivity index (χ1) is 12.7. The van der Waals surface area contributed by atoms with E-state index in [0.29, 0.717) is 19.6 Å². The second-order valence-electron chi connectivity index (χ2n) is 6.74. The van der Waals surface area contributed by atoms with Gasteiger partial charge in [0.25, 0.3) is 0 Å². The van der Waals surface area contributed by atoms with Crippen LogP contribution in [0.1, 0.15) is 85.0 Å². The molecule has 0 aliphatic rings. The van der Waals surface area contributed by atoms with E-state index in [1.165, 1.54) is 19.3 Å². The van der Waals surface area contributed by atoms with Crippen molar-refractivity contribution in [2.24, 2.45) is 0 Å². The summed E-state index contributed by atoms with van der Waals surface area (Å²) in [4.78, 5) is 11.5. The number of ether oxygens (including phenoxy) is 2.